The van der Waals surface area contributed by atoms with Gasteiger partial charge >= 0.3 is 5.91 Å². The number of carbonyl (C=O) groups is 1. The Kier molecular flexibility index (Phi) is 5.52. The minimum absolute atomic E-state index is 0.329. The zero-order valence-electron chi connectivity index (χ0n) is 15.5. The Morgan fingerprint density at radius 1 is 1.18 bits per heavy atom. The van der Waals surface area contributed by atoms with Crippen LogP contribution in [0.2, 0.25) is 0 Å². The smallest absolute Gasteiger partial charge is 0.308 e. The predicted molar refractivity (Wildman–Crippen MR) is 112 cm³/mol. The number of nitrogens with zero attached hydrogens (tertiary/aromatic N) is 3. The van der Waals surface area contributed by atoms with Crippen molar-refractivity contribution >= 4 is 49.0 Å². The Morgan fingerprint density at radius 2 is 2.04 bits per heavy atom. The number of hydrogen-bond donors (Lipinski definition) is 0. The van der Waals surface area contributed by atoms with E-state index in [0.717, 1.165) is 26.2 Å². The minimum Gasteiger partial charge on any atom is -0.497 e. The number of rotatable bonds is 6. The second kappa shape index (κ2) is 8.22. The van der Waals surface area contributed by atoms with Gasteiger partial charge in [0.1, 0.15) is 5.75 Å². The van der Waals surface area contributed by atoms with Crippen molar-refractivity contribution in [2.45, 2.75) is 13.5 Å². The molecule has 0 aliphatic carbocycles. The van der Waals surface area contributed by atoms with Crippen molar-refractivity contribution in [3.8, 4) is 5.75 Å². The number of aromatic nitrogens is 2. The lowest BCUT2D eigenvalue weighted by molar-refractivity contribution is 0.0996. The van der Waals surface area contributed by atoms with E-state index in [4.69, 9.17) is 9.47 Å². The fourth-order valence-electron chi connectivity index (χ4n) is 2.88. The lowest BCUT2D eigenvalue weighted by Gasteiger charge is -2.06. The molecule has 28 heavy (non-hydrogen) atoms. The van der Waals surface area contributed by atoms with Crippen molar-refractivity contribution in [2.24, 2.45) is 4.99 Å². The first-order valence-corrected chi connectivity index (χ1v) is 10.5. The molecule has 0 unspecified atom stereocenters. The zero-order chi connectivity index (χ0) is 19.5. The highest BCUT2D eigenvalue weighted by atomic mass is 32.1. The van der Waals surface area contributed by atoms with Crippen LogP contribution >= 0.6 is 22.7 Å². The van der Waals surface area contributed by atoms with Crippen molar-refractivity contribution in [3.05, 3.63) is 52.3 Å². The van der Waals surface area contributed by atoms with Gasteiger partial charge in [-0.05, 0) is 37.3 Å². The van der Waals surface area contributed by atoms with Crippen LogP contribution in [0, 0.1) is 0 Å². The second-order valence-electron chi connectivity index (χ2n) is 5.97. The number of amides is 1. The van der Waals surface area contributed by atoms with Crippen LogP contribution in [0.4, 0.5) is 0 Å². The van der Waals surface area contributed by atoms with E-state index in [-0.39, 0.29) is 5.91 Å². The molecule has 0 saturated heterocycles. The van der Waals surface area contributed by atoms with Crippen molar-refractivity contribution in [1.29, 1.82) is 0 Å². The van der Waals surface area contributed by atoms with Crippen LogP contribution in [0.5, 0.6) is 5.75 Å². The summed E-state index contributed by atoms with van der Waals surface area (Å²) in [4.78, 5) is 22.2. The largest absolute Gasteiger partial charge is 0.497 e. The summed E-state index contributed by atoms with van der Waals surface area (Å²) in [5, 5.41) is 0.396. The maximum atomic E-state index is 12.8. The van der Waals surface area contributed by atoms with Crippen molar-refractivity contribution in [3.63, 3.8) is 0 Å². The lowest BCUT2D eigenvalue weighted by atomic mass is 10.3. The van der Waals surface area contributed by atoms with Gasteiger partial charge in [0.15, 0.2) is 9.81 Å². The summed E-state index contributed by atoms with van der Waals surface area (Å²) in [6.07, 6.45) is 0. The molecule has 4 rings (SSSR count). The molecule has 0 saturated carbocycles. The monoisotopic (exact) mass is 413 g/mol. The molecule has 0 atom stereocenters. The van der Waals surface area contributed by atoms with Gasteiger partial charge in [-0.25, -0.2) is 4.98 Å². The molecule has 1 amide bonds. The van der Waals surface area contributed by atoms with Gasteiger partial charge in [0, 0.05) is 13.2 Å². The summed E-state index contributed by atoms with van der Waals surface area (Å²) in [5.74, 6) is 0.444. The molecule has 0 spiro atoms. The highest BCUT2D eigenvalue weighted by molar-refractivity contribution is 7.20. The van der Waals surface area contributed by atoms with Crippen LogP contribution in [0.25, 0.3) is 20.4 Å². The van der Waals surface area contributed by atoms with E-state index in [2.05, 4.69) is 9.98 Å². The maximum absolute atomic E-state index is 12.8. The summed E-state index contributed by atoms with van der Waals surface area (Å²) in [6.45, 7) is 3.78. The van der Waals surface area contributed by atoms with Crippen molar-refractivity contribution < 1.29 is 14.3 Å². The summed E-state index contributed by atoms with van der Waals surface area (Å²) in [6, 6.07) is 13.6. The first-order chi connectivity index (χ1) is 13.7. The van der Waals surface area contributed by atoms with Crippen molar-refractivity contribution in [2.75, 3.05) is 20.3 Å². The second-order valence-corrected chi connectivity index (χ2v) is 8.01. The maximum Gasteiger partial charge on any atom is 0.308 e. The normalized spacial score (nSPS) is 12.1. The molecule has 0 fully saturated rings. The lowest BCUT2D eigenvalue weighted by Crippen LogP contribution is -2.19. The number of fused-ring (bicyclic) bond motifs is 2. The van der Waals surface area contributed by atoms with Gasteiger partial charge in [-0.3, -0.25) is 4.79 Å². The number of para-hydroxylation sites is 1. The van der Waals surface area contributed by atoms with Gasteiger partial charge in [-0.15, -0.1) is 11.3 Å². The third-order valence-electron chi connectivity index (χ3n) is 4.23. The Labute approximate surface area is 169 Å². The first-order valence-electron chi connectivity index (χ1n) is 8.89. The van der Waals surface area contributed by atoms with E-state index in [0.29, 0.717) is 29.6 Å². The Morgan fingerprint density at radius 3 is 2.82 bits per heavy atom. The third kappa shape index (κ3) is 3.71. The molecule has 144 valence electrons. The SMILES string of the molecule is CCOCCn1c(=NC(=O)c2nc3ccccc3s2)sc2cc(OC)ccc21. The topological polar surface area (TPSA) is 65.7 Å². The molecule has 0 aliphatic rings. The van der Waals surface area contributed by atoms with Crippen LogP contribution < -0.4 is 9.54 Å². The van der Waals surface area contributed by atoms with Crippen LogP contribution in [0.15, 0.2) is 47.5 Å². The van der Waals surface area contributed by atoms with Crippen molar-refractivity contribution in [1.82, 2.24) is 9.55 Å². The zero-order valence-corrected chi connectivity index (χ0v) is 17.2. The van der Waals surface area contributed by atoms with Gasteiger partial charge in [0.05, 0.1) is 34.1 Å². The minimum atomic E-state index is -0.329. The average molecular weight is 414 g/mol. The Bertz CT molecular complexity index is 1170. The van der Waals surface area contributed by atoms with E-state index >= 15 is 0 Å². The van der Waals surface area contributed by atoms with Crippen LogP contribution in [0.3, 0.4) is 0 Å². The third-order valence-corrected chi connectivity index (χ3v) is 6.29. The van der Waals surface area contributed by atoms with Gasteiger partial charge in [0.2, 0.25) is 0 Å². The number of methoxy groups -OCH3 is 1. The molecule has 2 heterocycles. The highest BCUT2D eigenvalue weighted by Gasteiger charge is 2.13. The predicted octanol–water partition coefficient (Wildman–Crippen LogP) is 4.10. The van der Waals surface area contributed by atoms with E-state index in [1.807, 2.05) is 54.0 Å². The fraction of sp³-hybridized carbons (Fsp3) is 0.250. The Balaban J connectivity index is 1.78. The summed E-state index contributed by atoms with van der Waals surface area (Å²) < 4.78 is 14.8. The summed E-state index contributed by atoms with van der Waals surface area (Å²) >= 11 is 2.82. The molecule has 2 aromatic carbocycles. The average Bonchev–Trinajstić information content (AvgIpc) is 3.29. The van der Waals surface area contributed by atoms with Gasteiger partial charge < -0.3 is 14.0 Å². The number of thiazole rings is 2. The summed E-state index contributed by atoms with van der Waals surface area (Å²) in [5.41, 5.74) is 1.82. The molecule has 0 N–H and O–H groups in total. The molecule has 6 nitrogen and oxygen atoms in total. The van der Waals surface area contributed by atoms with E-state index < -0.39 is 0 Å². The van der Waals surface area contributed by atoms with Gasteiger partial charge in [0.25, 0.3) is 0 Å². The number of benzene rings is 2. The number of ether oxygens (including phenoxy) is 2. The van der Waals surface area contributed by atoms with Crippen LogP contribution in [-0.2, 0) is 11.3 Å². The number of carbonyl (C=O) groups excluding carboxylic acids is 1. The van der Waals surface area contributed by atoms with Gasteiger partial charge in [-0.1, -0.05) is 23.5 Å². The fourth-order valence-corrected chi connectivity index (χ4v) is 4.81. The summed E-state index contributed by atoms with van der Waals surface area (Å²) in [7, 11) is 1.64. The molecule has 0 bridgehead atoms. The van der Waals surface area contributed by atoms with Gasteiger partial charge in [-0.2, -0.15) is 4.99 Å². The van der Waals surface area contributed by atoms with Crippen LogP contribution in [0.1, 0.15) is 16.7 Å². The molecule has 0 aliphatic heterocycles. The molecule has 4 aromatic rings. The van der Waals surface area contributed by atoms with E-state index in [1.54, 1.807) is 7.11 Å². The van der Waals surface area contributed by atoms with Crippen LogP contribution in [-0.4, -0.2) is 35.8 Å². The number of hydrogen-bond acceptors (Lipinski definition) is 6. The molecule has 8 heteroatoms. The Hall–Kier alpha value is -2.55. The van der Waals surface area contributed by atoms with E-state index in [1.165, 1.54) is 22.7 Å². The first kappa shape index (κ1) is 18.8. The highest BCUT2D eigenvalue weighted by Crippen LogP contribution is 2.24. The van der Waals surface area contributed by atoms with E-state index in [9.17, 15) is 4.79 Å². The molecule has 2 aromatic heterocycles. The molecular formula is C20H19N3O3S2. The standard InChI is InChI=1S/C20H19N3O3S2/c1-3-26-11-10-23-15-9-8-13(25-2)12-17(15)28-20(23)22-18(24)19-21-14-6-4-5-7-16(14)27-19/h4-9,12H,3,10-11H2,1-2H3. The quantitative estimate of drug-likeness (QED) is 0.447. The molecular weight excluding hydrogens is 394 g/mol. The molecule has 0 radical (unpaired) electrons.